The zero-order chi connectivity index (χ0) is 21.1. The molecule has 0 N–H and O–H groups in total. The predicted octanol–water partition coefficient (Wildman–Crippen LogP) is 1.06. The van der Waals surface area contributed by atoms with Crippen molar-refractivity contribution in [2.24, 2.45) is 17.8 Å². The van der Waals surface area contributed by atoms with Gasteiger partial charge in [-0.15, -0.1) is 0 Å². The average molecular weight is 425 g/mol. The van der Waals surface area contributed by atoms with E-state index in [2.05, 4.69) is 15.0 Å². The first-order valence-electron chi connectivity index (χ1n) is 11.3. The topological polar surface area (TPSA) is 93.7 Å². The standard InChI is InChI=1S/C22H27N5O4/c1-2-18-23-22(24-31-18)26-7-13-6-14(8-26)20(27-17(13)4-3-5-19(27)28)21(29)25-9-15-11-30-12-16(15)10-25/h3-5,13-16,20H,2,6-12H2,1H3/t13-,14+,15-,16+,20-/m1/s1. The number of anilines is 1. The summed E-state index contributed by atoms with van der Waals surface area (Å²) in [4.78, 5) is 35.3. The fraction of sp³-hybridized carbons (Fsp3) is 0.636. The van der Waals surface area contributed by atoms with E-state index in [9.17, 15) is 9.59 Å². The summed E-state index contributed by atoms with van der Waals surface area (Å²) in [5.74, 6) is 2.28. The van der Waals surface area contributed by atoms with Gasteiger partial charge in [-0.2, -0.15) is 4.98 Å². The van der Waals surface area contributed by atoms with Crippen LogP contribution in [0.2, 0.25) is 0 Å². The number of nitrogens with zero attached hydrogens (tertiary/aromatic N) is 5. The lowest BCUT2D eigenvalue weighted by atomic mass is 9.78. The van der Waals surface area contributed by atoms with Crippen molar-refractivity contribution >= 4 is 11.9 Å². The number of carbonyl (C=O) groups excluding carboxylic acids is 1. The molecule has 31 heavy (non-hydrogen) atoms. The molecule has 0 spiro atoms. The van der Waals surface area contributed by atoms with Gasteiger partial charge in [0.05, 0.1) is 13.2 Å². The Hall–Kier alpha value is -2.68. The Bertz CT molecular complexity index is 1050. The molecule has 5 atom stereocenters. The Labute approximate surface area is 180 Å². The molecule has 6 rings (SSSR count). The number of fused-ring (bicyclic) bond motifs is 5. The van der Waals surface area contributed by atoms with E-state index in [1.54, 1.807) is 16.7 Å². The number of amides is 1. The van der Waals surface area contributed by atoms with Crippen LogP contribution in [0.5, 0.6) is 0 Å². The van der Waals surface area contributed by atoms with Crippen LogP contribution >= 0.6 is 0 Å². The molecular weight excluding hydrogens is 398 g/mol. The van der Waals surface area contributed by atoms with Crippen LogP contribution in [0.25, 0.3) is 0 Å². The molecule has 0 saturated carbocycles. The van der Waals surface area contributed by atoms with Crippen LogP contribution in [0, 0.1) is 17.8 Å². The van der Waals surface area contributed by atoms with Crippen LogP contribution < -0.4 is 10.5 Å². The van der Waals surface area contributed by atoms with E-state index < -0.39 is 6.04 Å². The van der Waals surface area contributed by atoms with Crippen molar-refractivity contribution in [2.45, 2.75) is 31.7 Å². The minimum absolute atomic E-state index is 0.0270. The smallest absolute Gasteiger partial charge is 0.266 e. The Kier molecular flexibility index (Phi) is 4.41. The molecule has 9 heteroatoms. The second-order valence-electron chi connectivity index (χ2n) is 9.34. The van der Waals surface area contributed by atoms with Gasteiger partial charge in [0, 0.05) is 68.0 Å². The van der Waals surface area contributed by atoms with Gasteiger partial charge < -0.3 is 19.1 Å². The van der Waals surface area contributed by atoms with E-state index in [0.29, 0.717) is 36.6 Å². The van der Waals surface area contributed by atoms with Gasteiger partial charge in [0.2, 0.25) is 11.8 Å². The minimum atomic E-state index is -0.486. The molecule has 0 aromatic carbocycles. The zero-order valence-electron chi connectivity index (χ0n) is 17.6. The van der Waals surface area contributed by atoms with Crippen molar-refractivity contribution < 1.29 is 14.1 Å². The van der Waals surface area contributed by atoms with Gasteiger partial charge >= 0.3 is 0 Å². The molecule has 2 aromatic rings. The number of pyridine rings is 1. The second kappa shape index (κ2) is 7.19. The fourth-order valence-corrected chi connectivity index (χ4v) is 5.99. The highest BCUT2D eigenvalue weighted by Crippen LogP contribution is 2.43. The summed E-state index contributed by atoms with van der Waals surface area (Å²) in [5.41, 5.74) is 0.850. The summed E-state index contributed by atoms with van der Waals surface area (Å²) in [6, 6.07) is 4.88. The molecule has 3 saturated heterocycles. The van der Waals surface area contributed by atoms with Crippen LogP contribution in [0.4, 0.5) is 5.95 Å². The van der Waals surface area contributed by atoms with Gasteiger partial charge in [-0.3, -0.25) is 14.2 Å². The van der Waals surface area contributed by atoms with Gasteiger partial charge in [0.25, 0.3) is 11.5 Å². The maximum atomic E-state index is 13.8. The van der Waals surface area contributed by atoms with Crippen molar-refractivity contribution in [2.75, 3.05) is 44.3 Å². The number of hydrogen-bond donors (Lipinski definition) is 0. The van der Waals surface area contributed by atoms with Crippen molar-refractivity contribution in [3.63, 3.8) is 0 Å². The average Bonchev–Trinajstić information content (AvgIpc) is 3.50. The Balaban J connectivity index is 1.35. The van der Waals surface area contributed by atoms with E-state index in [1.807, 2.05) is 17.9 Å². The molecule has 2 aromatic heterocycles. The van der Waals surface area contributed by atoms with Crippen LogP contribution in [0.1, 0.15) is 36.9 Å². The Morgan fingerprint density at radius 1 is 1.13 bits per heavy atom. The third-order valence-corrected chi connectivity index (χ3v) is 7.49. The lowest BCUT2D eigenvalue weighted by Gasteiger charge is -2.46. The van der Waals surface area contributed by atoms with E-state index in [-0.39, 0.29) is 23.3 Å². The first-order chi connectivity index (χ1) is 15.1. The number of likely N-dealkylation sites (tertiary alicyclic amines) is 1. The third kappa shape index (κ3) is 3.01. The fourth-order valence-electron chi connectivity index (χ4n) is 5.99. The molecule has 0 unspecified atom stereocenters. The van der Waals surface area contributed by atoms with Crippen molar-refractivity contribution in [3.05, 3.63) is 40.1 Å². The molecule has 0 aliphatic carbocycles. The highest BCUT2D eigenvalue weighted by Gasteiger charge is 2.48. The Morgan fingerprint density at radius 2 is 1.94 bits per heavy atom. The molecule has 9 nitrogen and oxygen atoms in total. The number of hydrogen-bond acceptors (Lipinski definition) is 7. The second-order valence-corrected chi connectivity index (χ2v) is 9.34. The first kappa shape index (κ1) is 19.0. The largest absolute Gasteiger partial charge is 0.381 e. The van der Waals surface area contributed by atoms with Gasteiger partial charge in [-0.25, -0.2) is 0 Å². The lowest BCUT2D eigenvalue weighted by molar-refractivity contribution is -0.137. The summed E-state index contributed by atoms with van der Waals surface area (Å²) in [7, 11) is 0. The molecule has 1 amide bonds. The zero-order valence-corrected chi connectivity index (χ0v) is 17.6. The number of ether oxygens (including phenoxy) is 1. The molecular formula is C22H27N5O4. The molecule has 3 fully saturated rings. The quantitative estimate of drug-likeness (QED) is 0.726. The van der Waals surface area contributed by atoms with E-state index in [4.69, 9.17) is 9.26 Å². The first-order valence-corrected chi connectivity index (χ1v) is 11.3. The summed E-state index contributed by atoms with van der Waals surface area (Å²) >= 11 is 0. The number of aryl methyl sites for hydroxylation is 1. The molecule has 6 heterocycles. The highest BCUT2D eigenvalue weighted by molar-refractivity contribution is 5.82. The number of rotatable bonds is 3. The van der Waals surface area contributed by atoms with Crippen LogP contribution in [0.15, 0.2) is 27.5 Å². The summed E-state index contributed by atoms with van der Waals surface area (Å²) < 4.78 is 12.7. The monoisotopic (exact) mass is 425 g/mol. The maximum absolute atomic E-state index is 13.8. The van der Waals surface area contributed by atoms with E-state index >= 15 is 0 Å². The van der Waals surface area contributed by atoms with Crippen LogP contribution in [-0.2, 0) is 16.0 Å². The third-order valence-electron chi connectivity index (χ3n) is 7.49. The maximum Gasteiger partial charge on any atom is 0.266 e. The normalized spacial score (nSPS) is 31.6. The highest BCUT2D eigenvalue weighted by atomic mass is 16.5. The van der Waals surface area contributed by atoms with Gasteiger partial charge in [-0.1, -0.05) is 13.0 Å². The predicted molar refractivity (Wildman–Crippen MR) is 111 cm³/mol. The van der Waals surface area contributed by atoms with Crippen LogP contribution in [-0.4, -0.2) is 64.9 Å². The summed E-state index contributed by atoms with van der Waals surface area (Å²) in [6.07, 6.45) is 1.58. The Morgan fingerprint density at radius 3 is 2.68 bits per heavy atom. The molecule has 164 valence electrons. The van der Waals surface area contributed by atoms with Gasteiger partial charge in [-0.05, 0) is 17.6 Å². The van der Waals surface area contributed by atoms with Gasteiger partial charge in [0.1, 0.15) is 6.04 Å². The summed E-state index contributed by atoms with van der Waals surface area (Å²) in [5, 5.41) is 4.16. The van der Waals surface area contributed by atoms with Gasteiger partial charge in [0.15, 0.2) is 0 Å². The number of piperidine rings is 1. The summed E-state index contributed by atoms with van der Waals surface area (Å²) in [6.45, 7) is 6.24. The number of carbonyl (C=O) groups is 1. The van der Waals surface area contributed by atoms with Crippen molar-refractivity contribution in [3.8, 4) is 0 Å². The molecule has 4 aliphatic heterocycles. The van der Waals surface area contributed by atoms with E-state index in [1.165, 1.54) is 0 Å². The van der Waals surface area contributed by atoms with Crippen molar-refractivity contribution in [1.82, 2.24) is 19.6 Å². The minimum Gasteiger partial charge on any atom is -0.381 e. The molecule has 2 bridgehead atoms. The van der Waals surface area contributed by atoms with Crippen molar-refractivity contribution in [1.29, 1.82) is 0 Å². The van der Waals surface area contributed by atoms with Crippen LogP contribution in [0.3, 0.4) is 0 Å². The molecule has 0 radical (unpaired) electrons. The van der Waals surface area contributed by atoms with E-state index in [0.717, 1.165) is 45.0 Å². The number of aromatic nitrogens is 3. The molecule has 4 aliphatic rings. The lowest BCUT2D eigenvalue weighted by Crippen LogP contribution is -2.54. The SMILES string of the molecule is CCc1nc(N2C[C@H]3C[C@@H](C2)[C@H](C(=O)N2C[C@H]4COC[C@H]4C2)n2c3cccc2=O)no1.